The van der Waals surface area contributed by atoms with E-state index in [0.717, 1.165) is 11.1 Å². The average molecular weight is 256 g/mol. The van der Waals surface area contributed by atoms with E-state index in [0.29, 0.717) is 12.2 Å². The van der Waals surface area contributed by atoms with E-state index in [1.165, 1.54) is 0 Å². The Morgan fingerprint density at radius 1 is 1.16 bits per heavy atom. The topological polar surface area (TPSA) is 61.4 Å². The molecule has 0 bridgehead atoms. The number of hydrogen-bond donors (Lipinski definition) is 3. The van der Waals surface area contributed by atoms with E-state index in [4.69, 9.17) is 0 Å². The van der Waals surface area contributed by atoms with E-state index < -0.39 is 0 Å². The van der Waals surface area contributed by atoms with Crippen molar-refractivity contribution < 1.29 is 9.90 Å². The van der Waals surface area contributed by atoms with Crippen LogP contribution in [0.4, 0.5) is 10.5 Å². The molecule has 0 aliphatic carbocycles. The van der Waals surface area contributed by atoms with Gasteiger partial charge in [0, 0.05) is 6.54 Å². The molecule has 19 heavy (non-hydrogen) atoms. The van der Waals surface area contributed by atoms with Gasteiger partial charge in [-0.3, -0.25) is 0 Å². The van der Waals surface area contributed by atoms with Gasteiger partial charge in [-0.1, -0.05) is 36.4 Å². The van der Waals surface area contributed by atoms with Gasteiger partial charge in [-0.05, 0) is 30.2 Å². The van der Waals surface area contributed by atoms with Crippen LogP contribution in [-0.4, -0.2) is 11.1 Å². The van der Waals surface area contributed by atoms with Crippen molar-refractivity contribution in [3.8, 4) is 5.75 Å². The Morgan fingerprint density at radius 3 is 2.63 bits per heavy atom. The van der Waals surface area contributed by atoms with Crippen molar-refractivity contribution in [3.05, 3.63) is 59.7 Å². The zero-order chi connectivity index (χ0) is 13.7. The highest BCUT2D eigenvalue weighted by Gasteiger charge is 2.05. The van der Waals surface area contributed by atoms with Crippen molar-refractivity contribution >= 4 is 11.7 Å². The number of carbonyl (C=O) groups is 1. The van der Waals surface area contributed by atoms with Crippen molar-refractivity contribution in [2.45, 2.75) is 13.5 Å². The van der Waals surface area contributed by atoms with E-state index in [-0.39, 0.29) is 11.8 Å². The lowest BCUT2D eigenvalue weighted by Gasteiger charge is -2.09. The normalized spacial score (nSPS) is 9.95. The second-order valence-corrected chi connectivity index (χ2v) is 4.31. The van der Waals surface area contributed by atoms with Gasteiger partial charge in [0.25, 0.3) is 0 Å². The maximum Gasteiger partial charge on any atom is 0.319 e. The fourth-order valence-electron chi connectivity index (χ4n) is 1.69. The van der Waals surface area contributed by atoms with Crippen LogP contribution in [0.3, 0.4) is 0 Å². The zero-order valence-corrected chi connectivity index (χ0v) is 10.7. The summed E-state index contributed by atoms with van der Waals surface area (Å²) in [5.74, 6) is 0.0560. The number of hydrogen-bond acceptors (Lipinski definition) is 2. The van der Waals surface area contributed by atoms with Gasteiger partial charge in [0.2, 0.25) is 0 Å². The minimum absolute atomic E-state index is 0.0560. The van der Waals surface area contributed by atoms with Gasteiger partial charge in [0.15, 0.2) is 0 Å². The number of anilines is 1. The maximum absolute atomic E-state index is 11.7. The van der Waals surface area contributed by atoms with Gasteiger partial charge in [-0.25, -0.2) is 4.79 Å². The molecule has 2 aromatic rings. The number of rotatable bonds is 3. The van der Waals surface area contributed by atoms with E-state index in [9.17, 15) is 9.90 Å². The lowest BCUT2D eigenvalue weighted by molar-refractivity contribution is 0.251. The number of phenols is 1. The predicted molar refractivity (Wildman–Crippen MR) is 75.1 cm³/mol. The van der Waals surface area contributed by atoms with Gasteiger partial charge < -0.3 is 15.7 Å². The van der Waals surface area contributed by atoms with Gasteiger partial charge in [0.05, 0.1) is 5.69 Å². The van der Waals surface area contributed by atoms with Crippen molar-refractivity contribution in [2.24, 2.45) is 0 Å². The molecule has 0 spiro atoms. The Bertz CT molecular complexity index is 568. The van der Waals surface area contributed by atoms with Crippen LogP contribution in [0.15, 0.2) is 48.5 Å². The molecule has 0 saturated carbocycles. The minimum atomic E-state index is -0.343. The van der Waals surface area contributed by atoms with Crippen LogP contribution < -0.4 is 10.6 Å². The van der Waals surface area contributed by atoms with Crippen molar-refractivity contribution in [1.29, 1.82) is 0 Å². The first-order valence-electron chi connectivity index (χ1n) is 6.03. The molecule has 0 aromatic heterocycles. The van der Waals surface area contributed by atoms with Gasteiger partial charge in [-0.15, -0.1) is 0 Å². The molecule has 0 radical (unpaired) electrons. The third-order valence-electron chi connectivity index (χ3n) is 2.70. The second-order valence-electron chi connectivity index (χ2n) is 4.31. The Morgan fingerprint density at radius 2 is 1.89 bits per heavy atom. The first kappa shape index (κ1) is 13.0. The summed E-state index contributed by atoms with van der Waals surface area (Å²) >= 11 is 0. The molecular formula is C15H16N2O2. The average Bonchev–Trinajstić information content (AvgIpc) is 2.42. The summed E-state index contributed by atoms with van der Waals surface area (Å²) in [7, 11) is 0. The number of benzene rings is 2. The summed E-state index contributed by atoms with van der Waals surface area (Å²) in [6, 6.07) is 14.3. The molecule has 0 aliphatic heterocycles. The quantitative estimate of drug-likeness (QED) is 0.739. The molecule has 0 atom stereocenters. The summed E-state index contributed by atoms with van der Waals surface area (Å²) in [4.78, 5) is 11.7. The summed E-state index contributed by atoms with van der Waals surface area (Å²) in [6.45, 7) is 2.34. The number of phenolic OH excluding ortho intramolecular Hbond substituents is 1. The Labute approximate surface area is 112 Å². The summed E-state index contributed by atoms with van der Waals surface area (Å²) in [6.07, 6.45) is 0. The Balaban J connectivity index is 1.93. The van der Waals surface area contributed by atoms with E-state index in [1.807, 2.05) is 37.3 Å². The van der Waals surface area contributed by atoms with Gasteiger partial charge >= 0.3 is 6.03 Å². The van der Waals surface area contributed by atoms with Gasteiger partial charge in [-0.2, -0.15) is 0 Å². The second kappa shape index (κ2) is 5.91. The first-order chi connectivity index (χ1) is 9.15. The monoisotopic (exact) mass is 256 g/mol. The SMILES string of the molecule is Cc1ccc(O)c(NC(=O)NCc2ccccc2)c1. The van der Waals surface area contributed by atoms with Crippen LogP contribution in [0.1, 0.15) is 11.1 Å². The smallest absolute Gasteiger partial charge is 0.319 e. The summed E-state index contributed by atoms with van der Waals surface area (Å²) < 4.78 is 0. The Hall–Kier alpha value is -2.49. The molecule has 0 aliphatic rings. The molecule has 4 heteroatoms. The van der Waals surface area contributed by atoms with Gasteiger partial charge in [0.1, 0.15) is 5.75 Å². The molecule has 3 N–H and O–H groups in total. The molecule has 0 fully saturated rings. The van der Waals surface area contributed by atoms with Crippen LogP contribution in [0.25, 0.3) is 0 Å². The number of carbonyl (C=O) groups excluding carboxylic acids is 1. The number of amides is 2. The maximum atomic E-state index is 11.7. The predicted octanol–water partition coefficient (Wildman–Crippen LogP) is 3.02. The molecule has 0 saturated heterocycles. The number of aromatic hydroxyl groups is 1. The first-order valence-corrected chi connectivity index (χ1v) is 6.03. The lowest BCUT2D eigenvalue weighted by atomic mass is 10.2. The van der Waals surface area contributed by atoms with Crippen molar-refractivity contribution in [1.82, 2.24) is 5.32 Å². The zero-order valence-electron chi connectivity index (χ0n) is 10.7. The summed E-state index contributed by atoms with van der Waals surface area (Å²) in [5.41, 5.74) is 2.40. The number of aryl methyl sites for hydroxylation is 1. The van der Waals surface area contributed by atoms with Crippen LogP contribution in [0.2, 0.25) is 0 Å². The molecule has 2 rings (SSSR count). The number of urea groups is 1. The molecule has 2 aromatic carbocycles. The molecule has 2 amide bonds. The highest BCUT2D eigenvalue weighted by Crippen LogP contribution is 2.23. The van der Waals surface area contributed by atoms with Crippen LogP contribution in [0, 0.1) is 6.92 Å². The van der Waals surface area contributed by atoms with Crippen molar-refractivity contribution in [2.75, 3.05) is 5.32 Å². The summed E-state index contributed by atoms with van der Waals surface area (Å²) in [5, 5.41) is 15.0. The van der Waals surface area contributed by atoms with Crippen LogP contribution in [-0.2, 0) is 6.54 Å². The standard InChI is InChI=1S/C15H16N2O2/c1-11-7-8-14(18)13(9-11)17-15(19)16-10-12-5-3-2-4-6-12/h2-9,18H,10H2,1H3,(H2,16,17,19). The fourth-order valence-corrected chi connectivity index (χ4v) is 1.69. The van der Waals surface area contributed by atoms with Crippen LogP contribution >= 0.6 is 0 Å². The highest BCUT2D eigenvalue weighted by molar-refractivity contribution is 5.90. The minimum Gasteiger partial charge on any atom is -0.506 e. The van der Waals surface area contributed by atoms with E-state index in [2.05, 4.69) is 10.6 Å². The third-order valence-corrected chi connectivity index (χ3v) is 2.70. The third kappa shape index (κ3) is 3.74. The van der Waals surface area contributed by atoms with E-state index in [1.54, 1.807) is 18.2 Å². The van der Waals surface area contributed by atoms with Crippen LogP contribution in [0.5, 0.6) is 5.75 Å². The highest BCUT2D eigenvalue weighted by atomic mass is 16.3. The molecule has 0 heterocycles. The van der Waals surface area contributed by atoms with Crippen molar-refractivity contribution in [3.63, 3.8) is 0 Å². The number of nitrogens with one attached hydrogen (secondary N) is 2. The Kier molecular flexibility index (Phi) is 4.03. The fraction of sp³-hybridized carbons (Fsp3) is 0.133. The largest absolute Gasteiger partial charge is 0.506 e. The molecule has 0 unspecified atom stereocenters. The molecular weight excluding hydrogens is 240 g/mol. The molecule has 4 nitrogen and oxygen atoms in total. The van der Waals surface area contributed by atoms with E-state index >= 15 is 0 Å². The lowest BCUT2D eigenvalue weighted by Crippen LogP contribution is -2.28. The molecule has 98 valence electrons.